The summed E-state index contributed by atoms with van der Waals surface area (Å²) in [6, 6.07) is 1.74. The molecule has 0 aliphatic carbocycles. The summed E-state index contributed by atoms with van der Waals surface area (Å²) < 4.78 is 0. The van der Waals surface area contributed by atoms with E-state index >= 15 is 0 Å². The Morgan fingerprint density at radius 2 is 2.50 bits per heavy atom. The Hall–Kier alpha value is -1.91. The molecule has 0 spiro atoms. The highest BCUT2D eigenvalue weighted by molar-refractivity contribution is 5.73. The van der Waals surface area contributed by atoms with E-state index in [1.807, 2.05) is 0 Å². The molecule has 0 bridgehead atoms. The van der Waals surface area contributed by atoms with Gasteiger partial charge in [0.2, 0.25) is 11.9 Å². The van der Waals surface area contributed by atoms with Crippen LogP contribution in [0.25, 0.3) is 6.08 Å². The van der Waals surface area contributed by atoms with Crippen LogP contribution in [0, 0.1) is 0 Å². The molecule has 1 amide bonds. The lowest BCUT2D eigenvalue weighted by molar-refractivity contribution is -0.118. The minimum absolute atomic E-state index is 0.0585. The van der Waals surface area contributed by atoms with Crippen molar-refractivity contribution in [1.82, 2.24) is 15.3 Å². The molecular formula is C9H12N4O. The van der Waals surface area contributed by atoms with Gasteiger partial charge < -0.3 is 11.1 Å². The van der Waals surface area contributed by atoms with Crippen LogP contribution in [0.5, 0.6) is 0 Å². The summed E-state index contributed by atoms with van der Waals surface area (Å²) in [5.74, 6) is 0.184. The Labute approximate surface area is 82.1 Å². The van der Waals surface area contributed by atoms with Crippen molar-refractivity contribution in [3.05, 3.63) is 24.0 Å². The third-order valence-corrected chi connectivity index (χ3v) is 1.45. The maximum atomic E-state index is 10.5. The fourth-order valence-electron chi connectivity index (χ4n) is 0.864. The first kappa shape index (κ1) is 10.2. The third-order valence-electron chi connectivity index (χ3n) is 1.45. The Bertz CT molecular complexity index is 348. The fraction of sp³-hybridized carbons (Fsp3) is 0.222. The van der Waals surface area contributed by atoms with Gasteiger partial charge in [-0.2, -0.15) is 0 Å². The average Bonchev–Trinajstić information content (AvgIpc) is 2.12. The molecule has 74 valence electrons. The molecule has 0 aliphatic rings. The number of carbonyl (C=O) groups is 1. The lowest BCUT2D eigenvalue weighted by Crippen LogP contribution is -2.19. The van der Waals surface area contributed by atoms with Gasteiger partial charge in [-0.25, -0.2) is 9.97 Å². The van der Waals surface area contributed by atoms with E-state index in [2.05, 4.69) is 15.3 Å². The van der Waals surface area contributed by atoms with E-state index < -0.39 is 0 Å². The molecule has 14 heavy (non-hydrogen) atoms. The molecule has 1 aromatic heterocycles. The van der Waals surface area contributed by atoms with Gasteiger partial charge in [-0.15, -0.1) is 0 Å². The summed E-state index contributed by atoms with van der Waals surface area (Å²) in [7, 11) is 0. The number of rotatable bonds is 3. The van der Waals surface area contributed by atoms with Crippen molar-refractivity contribution in [3.63, 3.8) is 0 Å². The second-order valence-corrected chi connectivity index (χ2v) is 2.68. The molecule has 0 aliphatic heterocycles. The minimum Gasteiger partial charge on any atom is -0.368 e. The SMILES string of the molecule is CC(=O)NCC=Cc1ccnc(N)n1. The van der Waals surface area contributed by atoms with E-state index in [-0.39, 0.29) is 11.9 Å². The second-order valence-electron chi connectivity index (χ2n) is 2.68. The first-order chi connectivity index (χ1) is 6.68. The Kier molecular flexibility index (Phi) is 3.60. The van der Waals surface area contributed by atoms with Crippen LogP contribution in [0.2, 0.25) is 0 Å². The molecule has 5 nitrogen and oxygen atoms in total. The maximum absolute atomic E-state index is 10.5. The molecule has 0 aromatic carbocycles. The molecule has 1 aromatic rings. The molecule has 1 rings (SSSR count). The van der Waals surface area contributed by atoms with Crippen LogP contribution in [0.1, 0.15) is 12.6 Å². The average molecular weight is 192 g/mol. The Morgan fingerprint density at radius 1 is 1.71 bits per heavy atom. The summed E-state index contributed by atoms with van der Waals surface area (Å²) >= 11 is 0. The van der Waals surface area contributed by atoms with Crippen LogP contribution < -0.4 is 11.1 Å². The van der Waals surface area contributed by atoms with E-state index in [1.54, 1.807) is 24.4 Å². The van der Waals surface area contributed by atoms with Gasteiger partial charge in [0.1, 0.15) is 0 Å². The Morgan fingerprint density at radius 3 is 3.14 bits per heavy atom. The predicted molar refractivity (Wildman–Crippen MR) is 54.2 cm³/mol. The zero-order valence-electron chi connectivity index (χ0n) is 7.90. The summed E-state index contributed by atoms with van der Waals surface area (Å²) in [6.07, 6.45) is 5.15. The normalized spacial score (nSPS) is 10.4. The van der Waals surface area contributed by atoms with E-state index in [1.165, 1.54) is 6.92 Å². The molecule has 1 heterocycles. The lowest BCUT2D eigenvalue weighted by atomic mass is 10.3. The number of nitrogen functional groups attached to an aromatic ring is 1. The molecule has 5 heteroatoms. The molecule has 0 saturated carbocycles. The lowest BCUT2D eigenvalue weighted by Gasteiger charge is -1.95. The summed E-state index contributed by atoms with van der Waals surface area (Å²) in [5, 5.41) is 2.63. The first-order valence-electron chi connectivity index (χ1n) is 4.18. The number of nitrogens with two attached hydrogens (primary N) is 1. The number of nitrogens with zero attached hydrogens (tertiary/aromatic N) is 2. The standard InChI is InChI=1S/C9H12N4O/c1-7(14)11-5-2-3-8-4-6-12-9(10)13-8/h2-4,6H,5H2,1H3,(H,11,14)(H2,10,12,13). The van der Waals surface area contributed by atoms with Gasteiger partial charge in [0.15, 0.2) is 0 Å². The van der Waals surface area contributed by atoms with Crippen molar-refractivity contribution in [1.29, 1.82) is 0 Å². The number of hydrogen-bond acceptors (Lipinski definition) is 4. The summed E-state index contributed by atoms with van der Waals surface area (Å²) in [6.45, 7) is 1.95. The number of anilines is 1. The largest absolute Gasteiger partial charge is 0.368 e. The highest BCUT2D eigenvalue weighted by Crippen LogP contribution is 1.98. The number of nitrogens with one attached hydrogen (secondary N) is 1. The van der Waals surface area contributed by atoms with E-state index in [9.17, 15) is 4.79 Å². The summed E-state index contributed by atoms with van der Waals surface area (Å²) in [5.41, 5.74) is 6.11. The number of aromatic nitrogens is 2. The van der Waals surface area contributed by atoms with Crippen LogP contribution >= 0.6 is 0 Å². The van der Waals surface area contributed by atoms with Crippen LogP contribution in [0.15, 0.2) is 18.3 Å². The third kappa shape index (κ3) is 3.66. The van der Waals surface area contributed by atoms with Gasteiger partial charge >= 0.3 is 0 Å². The molecule has 3 N–H and O–H groups in total. The van der Waals surface area contributed by atoms with Crippen LogP contribution in [0.4, 0.5) is 5.95 Å². The zero-order valence-corrected chi connectivity index (χ0v) is 7.90. The van der Waals surface area contributed by atoms with Crippen LogP contribution in [-0.2, 0) is 4.79 Å². The predicted octanol–water partition coefficient (Wildman–Crippen LogP) is 0.208. The van der Waals surface area contributed by atoms with E-state index in [0.29, 0.717) is 6.54 Å². The van der Waals surface area contributed by atoms with Gasteiger partial charge in [0, 0.05) is 19.7 Å². The molecule has 0 unspecified atom stereocenters. The van der Waals surface area contributed by atoms with Crippen molar-refractivity contribution in [2.45, 2.75) is 6.92 Å². The first-order valence-corrected chi connectivity index (χ1v) is 4.18. The van der Waals surface area contributed by atoms with E-state index in [4.69, 9.17) is 5.73 Å². The maximum Gasteiger partial charge on any atom is 0.220 e. The molecule has 0 atom stereocenters. The highest BCUT2D eigenvalue weighted by Gasteiger charge is 1.90. The van der Waals surface area contributed by atoms with Crippen molar-refractivity contribution < 1.29 is 4.79 Å². The van der Waals surface area contributed by atoms with Gasteiger partial charge in [-0.1, -0.05) is 6.08 Å². The van der Waals surface area contributed by atoms with Gasteiger partial charge in [-0.05, 0) is 12.1 Å². The number of carbonyl (C=O) groups excluding carboxylic acids is 1. The van der Waals surface area contributed by atoms with Crippen molar-refractivity contribution >= 4 is 17.9 Å². The van der Waals surface area contributed by atoms with Gasteiger partial charge in [0.25, 0.3) is 0 Å². The van der Waals surface area contributed by atoms with Crippen molar-refractivity contribution in [2.75, 3.05) is 12.3 Å². The molecule has 0 fully saturated rings. The smallest absolute Gasteiger partial charge is 0.220 e. The van der Waals surface area contributed by atoms with Gasteiger partial charge in [-0.3, -0.25) is 4.79 Å². The zero-order chi connectivity index (χ0) is 10.4. The van der Waals surface area contributed by atoms with Crippen LogP contribution in [-0.4, -0.2) is 22.4 Å². The molecule has 0 radical (unpaired) electrons. The van der Waals surface area contributed by atoms with Gasteiger partial charge in [0.05, 0.1) is 5.69 Å². The highest BCUT2D eigenvalue weighted by atomic mass is 16.1. The molecule has 0 saturated heterocycles. The van der Waals surface area contributed by atoms with Crippen molar-refractivity contribution in [3.8, 4) is 0 Å². The van der Waals surface area contributed by atoms with Crippen molar-refractivity contribution in [2.24, 2.45) is 0 Å². The number of hydrogen-bond donors (Lipinski definition) is 2. The van der Waals surface area contributed by atoms with E-state index in [0.717, 1.165) is 5.69 Å². The Balaban J connectivity index is 2.47. The summed E-state index contributed by atoms with van der Waals surface area (Å²) in [4.78, 5) is 18.2. The topological polar surface area (TPSA) is 80.9 Å². The monoisotopic (exact) mass is 192 g/mol. The number of amides is 1. The van der Waals surface area contributed by atoms with Crippen LogP contribution in [0.3, 0.4) is 0 Å². The fourth-order valence-corrected chi connectivity index (χ4v) is 0.864. The quantitative estimate of drug-likeness (QED) is 0.717. The second kappa shape index (κ2) is 4.96. The minimum atomic E-state index is -0.0585. The molecular weight excluding hydrogens is 180 g/mol.